The van der Waals surface area contributed by atoms with Crippen LogP contribution in [0.15, 0.2) is 18.2 Å². The van der Waals surface area contributed by atoms with Crippen molar-refractivity contribution in [3.63, 3.8) is 0 Å². The van der Waals surface area contributed by atoms with E-state index in [1.165, 1.54) is 0 Å². The molecule has 0 heterocycles. The van der Waals surface area contributed by atoms with E-state index in [-0.39, 0.29) is 12.5 Å². The largest absolute Gasteiger partial charge is 0.395 e. The van der Waals surface area contributed by atoms with Gasteiger partial charge in [-0.2, -0.15) is 0 Å². The normalized spacial score (nSPS) is 10.4. The second-order valence-corrected chi connectivity index (χ2v) is 4.47. The second kappa shape index (κ2) is 6.84. The molecule has 0 aromatic heterocycles. The zero-order valence-corrected chi connectivity index (χ0v) is 11.1. The van der Waals surface area contributed by atoms with E-state index in [4.69, 9.17) is 28.3 Å². The number of aliphatic hydroxyl groups is 1. The van der Waals surface area contributed by atoms with Gasteiger partial charge in [0.2, 0.25) is 5.91 Å². The van der Waals surface area contributed by atoms with Gasteiger partial charge in [0.05, 0.1) is 6.61 Å². The third-order valence-corrected chi connectivity index (χ3v) is 2.99. The number of hydrogen-bond acceptors (Lipinski definition) is 2. The fourth-order valence-corrected chi connectivity index (χ4v) is 1.96. The highest BCUT2D eigenvalue weighted by Crippen LogP contribution is 2.22. The molecule has 1 amide bonds. The SMILES string of the molecule is CCC(=O)N(CCO)Cc1ccc(Cl)cc1Cl. The second-order valence-electron chi connectivity index (χ2n) is 3.63. The van der Waals surface area contributed by atoms with Gasteiger partial charge in [0.15, 0.2) is 0 Å². The van der Waals surface area contributed by atoms with Gasteiger partial charge < -0.3 is 10.0 Å². The van der Waals surface area contributed by atoms with Gasteiger partial charge in [-0.25, -0.2) is 0 Å². The molecule has 1 N–H and O–H groups in total. The molecular weight excluding hydrogens is 261 g/mol. The maximum Gasteiger partial charge on any atom is 0.222 e. The first-order valence-electron chi connectivity index (χ1n) is 5.41. The van der Waals surface area contributed by atoms with E-state index in [0.717, 1.165) is 5.56 Å². The molecule has 0 spiro atoms. The molecule has 0 aliphatic carbocycles. The van der Waals surface area contributed by atoms with E-state index in [0.29, 0.717) is 29.6 Å². The number of nitrogens with zero attached hydrogens (tertiary/aromatic N) is 1. The molecule has 0 unspecified atom stereocenters. The molecule has 0 saturated carbocycles. The number of rotatable bonds is 5. The van der Waals surface area contributed by atoms with Crippen molar-refractivity contribution in [2.24, 2.45) is 0 Å². The molecule has 17 heavy (non-hydrogen) atoms. The predicted molar refractivity (Wildman–Crippen MR) is 69.3 cm³/mol. The van der Waals surface area contributed by atoms with Crippen LogP contribution in [0.5, 0.6) is 0 Å². The lowest BCUT2D eigenvalue weighted by Gasteiger charge is -2.21. The molecule has 0 saturated heterocycles. The molecule has 5 heteroatoms. The Morgan fingerprint density at radius 1 is 1.41 bits per heavy atom. The Morgan fingerprint density at radius 2 is 2.12 bits per heavy atom. The Balaban J connectivity index is 2.82. The number of aliphatic hydroxyl groups excluding tert-OH is 1. The first kappa shape index (κ1) is 14.3. The molecule has 0 fully saturated rings. The third kappa shape index (κ3) is 4.19. The Kier molecular flexibility index (Phi) is 5.75. The van der Waals surface area contributed by atoms with E-state index in [9.17, 15) is 4.79 Å². The lowest BCUT2D eigenvalue weighted by molar-refractivity contribution is -0.132. The van der Waals surface area contributed by atoms with E-state index in [1.54, 1.807) is 30.0 Å². The maximum absolute atomic E-state index is 11.6. The first-order valence-corrected chi connectivity index (χ1v) is 6.16. The Morgan fingerprint density at radius 3 is 2.65 bits per heavy atom. The highest BCUT2D eigenvalue weighted by Gasteiger charge is 2.13. The fraction of sp³-hybridized carbons (Fsp3) is 0.417. The summed E-state index contributed by atoms with van der Waals surface area (Å²) in [5.74, 6) is -0.00920. The molecule has 1 aromatic rings. The zero-order valence-electron chi connectivity index (χ0n) is 9.62. The van der Waals surface area contributed by atoms with Crippen molar-refractivity contribution < 1.29 is 9.90 Å². The van der Waals surface area contributed by atoms with Crippen LogP contribution < -0.4 is 0 Å². The molecule has 1 rings (SSSR count). The van der Waals surface area contributed by atoms with E-state index in [2.05, 4.69) is 0 Å². The number of carbonyl (C=O) groups is 1. The van der Waals surface area contributed by atoms with Crippen LogP contribution in [0.2, 0.25) is 10.0 Å². The van der Waals surface area contributed by atoms with Crippen molar-refractivity contribution in [3.05, 3.63) is 33.8 Å². The minimum absolute atomic E-state index is 0.00920. The summed E-state index contributed by atoms with van der Waals surface area (Å²) in [5, 5.41) is 10.0. The van der Waals surface area contributed by atoms with Gasteiger partial charge in [0.25, 0.3) is 0 Å². The van der Waals surface area contributed by atoms with Crippen molar-refractivity contribution in [1.29, 1.82) is 0 Å². The standard InChI is InChI=1S/C12H15Cl2NO2/c1-2-12(17)15(5-6-16)8-9-3-4-10(13)7-11(9)14/h3-4,7,16H,2,5-6,8H2,1H3. The average Bonchev–Trinajstić information content (AvgIpc) is 2.30. The minimum atomic E-state index is -0.0586. The highest BCUT2D eigenvalue weighted by atomic mass is 35.5. The van der Waals surface area contributed by atoms with Crippen molar-refractivity contribution in [1.82, 2.24) is 4.90 Å². The number of benzene rings is 1. The fourth-order valence-electron chi connectivity index (χ4n) is 1.49. The summed E-state index contributed by atoms with van der Waals surface area (Å²) >= 11 is 11.8. The van der Waals surface area contributed by atoms with Crippen LogP contribution in [-0.2, 0) is 11.3 Å². The summed E-state index contributed by atoms with van der Waals surface area (Å²) in [6.07, 6.45) is 0.408. The van der Waals surface area contributed by atoms with Gasteiger partial charge in [-0.05, 0) is 17.7 Å². The Hall–Kier alpha value is -0.770. The van der Waals surface area contributed by atoms with Crippen LogP contribution in [0.3, 0.4) is 0 Å². The predicted octanol–water partition coefficient (Wildman–Crippen LogP) is 2.72. The molecular formula is C12H15Cl2NO2. The number of amides is 1. The first-order chi connectivity index (χ1) is 8.08. The van der Waals surface area contributed by atoms with Crippen molar-refractivity contribution in [3.8, 4) is 0 Å². The summed E-state index contributed by atoms with van der Waals surface area (Å²) in [4.78, 5) is 13.2. The van der Waals surface area contributed by atoms with Crippen molar-refractivity contribution >= 4 is 29.1 Å². The Labute approximate surface area is 111 Å². The molecule has 3 nitrogen and oxygen atoms in total. The van der Waals surface area contributed by atoms with Crippen LogP contribution in [0.1, 0.15) is 18.9 Å². The summed E-state index contributed by atoms with van der Waals surface area (Å²) < 4.78 is 0. The van der Waals surface area contributed by atoms with Gasteiger partial charge in [-0.1, -0.05) is 36.2 Å². The number of carbonyl (C=O) groups excluding carboxylic acids is 1. The van der Waals surface area contributed by atoms with Gasteiger partial charge in [-0.15, -0.1) is 0 Å². The van der Waals surface area contributed by atoms with E-state index in [1.807, 2.05) is 0 Å². The minimum Gasteiger partial charge on any atom is -0.395 e. The topological polar surface area (TPSA) is 40.5 Å². The average molecular weight is 276 g/mol. The van der Waals surface area contributed by atoms with Crippen LogP contribution in [0, 0.1) is 0 Å². The number of hydrogen-bond donors (Lipinski definition) is 1. The summed E-state index contributed by atoms with van der Waals surface area (Å²) in [6, 6.07) is 5.17. The molecule has 0 radical (unpaired) electrons. The van der Waals surface area contributed by atoms with Crippen LogP contribution >= 0.6 is 23.2 Å². The lowest BCUT2D eigenvalue weighted by Crippen LogP contribution is -2.32. The molecule has 94 valence electrons. The lowest BCUT2D eigenvalue weighted by atomic mass is 10.2. The van der Waals surface area contributed by atoms with Gasteiger partial charge in [0, 0.05) is 29.6 Å². The smallest absolute Gasteiger partial charge is 0.222 e. The molecule has 0 atom stereocenters. The quantitative estimate of drug-likeness (QED) is 0.898. The van der Waals surface area contributed by atoms with Crippen LogP contribution in [0.25, 0.3) is 0 Å². The monoisotopic (exact) mass is 275 g/mol. The van der Waals surface area contributed by atoms with Gasteiger partial charge in [-0.3, -0.25) is 4.79 Å². The van der Waals surface area contributed by atoms with Crippen LogP contribution in [-0.4, -0.2) is 29.1 Å². The Bertz CT molecular complexity index is 396. The summed E-state index contributed by atoms with van der Waals surface area (Å²) in [6.45, 7) is 2.43. The van der Waals surface area contributed by atoms with Gasteiger partial charge in [0.1, 0.15) is 0 Å². The molecule has 0 aliphatic rings. The van der Waals surface area contributed by atoms with Crippen LogP contribution in [0.4, 0.5) is 0 Å². The maximum atomic E-state index is 11.6. The highest BCUT2D eigenvalue weighted by molar-refractivity contribution is 6.35. The van der Waals surface area contributed by atoms with E-state index >= 15 is 0 Å². The number of halogens is 2. The zero-order chi connectivity index (χ0) is 12.8. The third-order valence-electron chi connectivity index (χ3n) is 2.40. The van der Waals surface area contributed by atoms with Gasteiger partial charge >= 0.3 is 0 Å². The van der Waals surface area contributed by atoms with E-state index < -0.39 is 0 Å². The van der Waals surface area contributed by atoms with Crippen molar-refractivity contribution in [2.45, 2.75) is 19.9 Å². The summed E-state index contributed by atoms with van der Waals surface area (Å²) in [5.41, 5.74) is 0.825. The molecule has 1 aromatic carbocycles. The molecule has 0 bridgehead atoms. The summed E-state index contributed by atoms with van der Waals surface area (Å²) in [7, 11) is 0. The molecule has 0 aliphatic heterocycles. The van der Waals surface area contributed by atoms with Crippen molar-refractivity contribution in [2.75, 3.05) is 13.2 Å².